The molecule has 25 heavy (non-hydrogen) atoms. The molecule has 1 heterocycles. The van der Waals surface area contributed by atoms with Gasteiger partial charge in [-0.2, -0.15) is 5.26 Å². The molecular formula is C21H27N3O. The minimum Gasteiger partial charge on any atom is -0.494 e. The molecule has 0 unspecified atom stereocenters. The molecule has 1 aromatic heterocycles. The molecule has 0 radical (unpaired) electrons. The first kappa shape index (κ1) is 18.8. The van der Waals surface area contributed by atoms with E-state index in [2.05, 4.69) is 24.9 Å². The van der Waals surface area contributed by atoms with E-state index in [9.17, 15) is 5.26 Å². The lowest BCUT2D eigenvalue weighted by Crippen LogP contribution is -2.05. The summed E-state index contributed by atoms with van der Waals surface area (Å²) in [5.74, 6) is 1.15. The van der Waals surface area contributed by atoms with E-state index in [-0.39, 0.29) is 0 Å². The van der Waals surface area contributed by atoms with Gasteiger partial charge in [0.2, 0.25) is 0 Å². The largest absolute Gasteiger partial charge is 0.494 e. The summed E-state index contributed by atoms with van der Waals surface area (Å²) in [6.45, 7) is 6.95. The van der Waals surface area contributed by atoms with E-state index in [1.165, 1.54) is 19.3 Å². The Morgan fingerprint density at radius 1 is 1.12 bits per heavy atom. The monoisotopic (exact) mass is 337 g/mol. The first-order valence-corrected chi connectivity index (χ1v) is 9.04. The third-order valence-corrected chi connectivity index (χ3v) is 4.41. The predicted molar refractivity (Wildman–Crippen MR) is 103 cm³/mol. The van der Waals surface area contributed by atoms with Gasteiger partial charge in [-0.1, -0.05) is 45.2 Å². The molecule has 0 atom stereocenters. The number of anilines is 1. The number of unbranched alkanes of at least 4 members (excludes halogenated alkanes) is 3. The van der Waals surface area contributed by atoms with Crippen molar-refractivity contribution in [2.24, 2.45) is 0 Å². The summed E-state index contributed by atoms with van der Waals surface area (Å²) >= 11 is 0. The number of hydrogen-bond donors (Lipinski definition) is 1. The number of nitrogen functional groups attached to an aromatic ring is 1. The number of ether oxygens (including phenoxy) is 1. The zero-order chi connectivity index (χ0) is 18.2. The van der Waals surface area contributed by atoms with Gasteiger partial charge in [0.25, 0.3) is 0 Å². The third-order valence-electron chi connectivity index (χ3n) is 4.41. The molecule has 0 saturated heterocycles. The van der Waals surface area contributed by atoms with Gasteiger partial charge in [0.1, 0.15) is 23.2 Å². The van der Waals surface area contributed by atoms with Crippen LogP contribution in [0.4, 0.5) is 5.82 Å². The van der Waals surface area contributed by atoms with Crippen LogP contribution in [-0.2, 0) is 6.42 Å². The first-order chi connectivity index (χ1) is 12.1. The number of nitrogens with zero attached hydrogens (tertiary/aromatic N) is 2. The molecule has 132 valence electrons. The minimum atomic E-state index is 0.295. The summed E-state index contributed by atoms with van der Waals surface area (Å²) in [4.78, 5) is 4.31. The van der Waals surface area contributed by atoms with E-state index >= 15 is 0 Å². The highest BCUT2D eigenvalue weighted by molar-refractivity contribution is 5.79. The van der Waals surface area contributed by atoms with E-state index < -0.39 is 0 Å². The van der Waals surface area contributed by atoms with E-state index in [0.717, 1.165) is 47.6 Å². The van der Waals surface area contributed by atoms with Crippen molar-refractivity contribution >= 4 is 5.82 Å². The molecule has 1 aromatic carbocycles. The van der Waals surface area contributed by atoms with Gasteiger partial charge in [-0.15, -0.1) is 0 Å². The maximum atomic E-state index is 9.52. The van der Waals surface area contributed by atoms with Crippen LogP contribution in [0.5, 0.6) is 5.75 Å². The molecule has 2 aromatic rings. The Bertz CT molecular complexity index is 745. The van der Waals surface area contributed by atoms with E-state index in [4.69, 9.17) is 10.5 Å². The third kappa shape index (κ3) is 4.51. The van der Waals surface area contributed by atoms with Crippen LogP contribution in [0.1, 0.15) is 56.4 Å². The lowest BCUT2D eigenvalue weighted by molar-refractivity contribution is 0.305. The molecular weight excluding hydrogens is 310 g/mol. The number of aryl methyl sites for hydroxylation is 1. The van der Waals surface area contributed by atoms with Crippen LogP contribution in [0, 0.1) is 18.3 Å². The topological polar surface area (TPSA) is 71.9 Å². The Kier molecular flexibility index (Phi) is 6.82. The molecule has 0 fully saturated rings. The fourth-order valence-corrected chi connectivity index (χ4v) is 3.06. The van der Waals surface area contributed by atoms with Gasteiger partial charge in [-0.05, 0) is 43.0 Å². The van der Waals surface area contributed by atoms with Crippen LogP contribution in [0.3, 0.4) is 0 Å². The normalized spacial score (nSPS) is 10.5. The smallest absolute Gasteiger partial charge is 0.142 e. The number of nitrogens with two attached hydrogens (primary N) is 1. The van der Waals surface area contributed by atoms with Crippen molar-refractivity contribution in [3.63, 3.8) is 0 Å². The average molecular weight is 337 g/mol. The van der Waals surface area contributed by atoms with E-state index in [0.29, 0.717) is 11.4 Å². The number of rotatable bonds is 8. The lowest BCUT2D eigenvalue weighted by Gasteiger charge is -2.15. The Morgan fingerprint density at radius 2 is 1.84 bits per heavy atom. The van der Waals surface area contributed by atoms with Gasteiger partial charge >= 0.3 is 0 Å². The second kappa shape index (κ2) is 9.08. The molecule has 0 aliphatic carbocycles. The standard InChI is InChI=1S/C21H27N3O/c1-4-6-7-8-13-25-17-11-9-16(10-12-17)20-18(5-2)15(3)24-21(23)19(20)14-22/h9-12H,4-8,13H2,1-3H3,(H2,23,24). The zero-order valence-corrected chi connectivity index (χ0v) is 15.4. The Hall–Kier alpha value is -2.54. The highest BCUT2D eigenvalue weighted by Gasteiger charge is 2.17. The van der Waals surface area contributed by atoms with Crippen LogP contribution in [0.25, 0.3) is 11.1 Å². The number of nitriles is 1. The van der Waals surface area contributed by atoms with Crippen LogP contribution >= 0.6 is 0 Å². The summed E-state index contributed by atoms with van der Waals surface area (Å²) in [5, 5.41) is 9.52. The van der Waals surface area contributed by atoms with Gasteiger partial charge in [0.05, 0.1) is 6.61 Å². The molecule has 0 saturated carbocycles. The van der Waals surface area contributed by atoms with Crippen LogP contribution in [0.2, 0.25) is 0 Å². The van der Waals surface area contributed by atoms with Crippen molar-refractivity contribution in [2.45, 2.75) is 52.9 Å². The van der Waals surface area contributed by atoms with Gasteiger partial charge in [0.15, 0.2) is 0 Å². The zero-order valence-electron chi connectivity index (χ0n) is 15.4. The van der Waals surface area contributed by atoms with E-state index in [1.54, 1.807) is 0 Å². The second-order valence-electron chi connectivity index (χ2n) is 6.21. The first-order valence-electron chi connectivity index (χ1n) is 9.04. The van der Waals surface area contributed by atoms with Crippen molar-refractivity contribution in [1.29, 1.82) is 5.26 Å². The number of hydrogen-bond acceptors (Lipinski definition) is 4. The molecule has 2 rings (SSSR count). The fraction of sp³-hybridized carbons (Fsp3) is 0.429. The SMILES string of the molecule is CCCCCCOc1ccc(-c2c(C#N)c(N)nc(C)c2CC)cc1. The summed E-state index contributed by atoms with van der Waals surface area (Å²) in [5.41, 5.74) is 10.2. The Labute approximate surface area is 150 Å². The highest BCUT2D eigenvalue weighted by Crippen LogP contribution is 2.33. The molecule has 0 spiro atoms. The fourth-order valence-electron chi connectivity index (χ4n) is 3.06. The maximum absolute atomic E-state index is 9.52. The second-order valence-corrected chi connectivity index (χ2v) is 6.21. The van der Waals surface area contributed by atoms with Crippen LogP contribution < -0.4 is 10.5 Å². The Morgan fingerprint density at radius 3 is 2.44 bits per heavy atom. The molecule has 0 bridgehead atoms. The van der Waals surface area contributed by atoms with Gasteiger partial charge in [0, 0.05) is 11.3 Å². The quantitative estimate of drug-likeness (QED) is 0.686. The van der Waals surface area contributed by atoms with E-state index in [1.807, 2.05) is 31.2 Å². The van der Waals surface area contributed by atoms with Crippen molar-refractivity contribution in [2.75, 3.05) is 12.3 Å². The van der Waals surface area contributed by atoms with Gasteiger partial charge < -0.3 is 10.5 Å². The molecule has 0 aliphatic rings. The highest BCUT2D eigenvalue weighted by atomic mass is 16.5. The predicted octanol–water partition coefficient (Wildman–Crippen LogP) is 5.03. The number of benzene rings is 1. The summed E-state index contributed by atoms with van der Waals surface area (Å²) < 4.78 is 5.80. The molecule has 4 heteroatoms. The summed E-state index contributed by atoms with van der Waals surface area (Å²) in [7, 11) is 0. The van der Waals surface area contributed by atoms with Gasteiger partial charge in [-0.3, -0.25) is 0 Å². The molecule has 4 nitrogen and oxygen atoms in total. The van der Waals surface area contributed by atoms with Gasteiger partial charge in [-0.25, -0.2) is 4.98 Å². The minimum absolute atomic E-state index is 0.295. The van der Waals surface area contributed by atoms with Crippen molar-refractivity contribution in [3.8, 4) is 22.9 Å². The molecule has 0 amide bonds. The van der Waals surface area contributed by atoms with Crippen LogP contribution in [-0.4, -0.2) is 11.6 Å². The average Bonchev–Trinajstić information content (AvgIpc) is 2.61. The number of pyridine rings is 1. The van der Waals surface area contributed by atoms with Crippen molar-refractivity contribution in [3.05, 3.63) is 41.1 Å². The maximum Gasteiger partial charge on any atom is 0.142 e. The summed E-state index contributed by atoms with van der Waals surface area (Å²) in [6, 6.07) is 10.1. The van der Waals surface area contributed by atoms with Crippen molar-refractivity contribution in [1.82, 2.24) is 4.98 Å². The van der Waals surface area contributed by atoms with Crippen molar-refractivity contribution < 1.29 is 4.74 Å². The Balaban J connectivity index is 2.24. The molecule has 2 N–H and O–H groups in total. The van der Waals surface area contributed by atoms with Crippen LogP contribution in [0.15, 0.2) is 24.3 Å². The lowest BCUT2D eigenvalue weighted by atomic mass is 9.93. The number of aromatic nitrogens is 1. The summed E-state index contributed by atoms with van der Waals surface area (Å²) in [6.07, 6.45) is 5.56. The molecule has 0 aliphatic heterocycles.